The summed E-state index contributed by atoms with van der Waals surface area (Å²) >= 11 is 0. The largest absolute Gasteiger partial charge is 0.505 e. The Morgan fingerprint density at radius 2 is 0.763 bits per heavy atom. The minimum atomic E-state index is -5.68. The summed E-state index contributed by atoms with van der Waals surface area (Å²) in [5, 5.41) is 26.4. The topological polar surface area (TPSA) is 237 Å². The van der Waals surface area contributed by atoms with E-state index < -0.39 is 191 Å². The van der Waals surface area contributed by atoms with Crippen LogP contribution in [-0.2, 0) is 66.7 Å². The Kier molecular flexibility index (Phi) is 40.9. The zero-order valence-electron chi connectivity index (χ0n) is 74.6. The molecule has 0 aromatic carbocycles. The number of esters is 6. The van der Waals surface area contributed by atoms with Crippen molar-refractivity contribution in [1.29, 1.82) is 0 Å². The van der Waals surface area contributed by atoms with Crippen LogP contribution in [0.5, 0.6) is 0 Å². The van der Waals surface area contributed by atoms with Crippen LogP contribution in [0.15, 0.2) is 73.6 Å². The molecule has 44 heteroatoms. The van der Waals surface area contributed by atoms with Crippen molar-refractivity contribution in [1.82, 2.24) is 0 Å². The SMILES string of the molecule is C=C(C)C(=O)OC.C=C(C)C(=O)OC.C=C(C)C(=O)OC.C=C(C)C(=O)OC1CCC2CC(C(C)(C(F)(F)F)C(F)(F)F)CCC21.C=C(C)C(=O)OC1CCCC2C1CCCC2C(C)(C(F)(F)F)C(F)(F)F.C=COC.CC(=O)OC(CC1CC2CCC1C2)(C(F)(F)F)C(F)(F)F.OC1(F)C2CCC(C2)C1(F)F.OC1(F)C2CCC(CC2)C1(F)F.OC1(F)C2CCC(O2)C1(F)F. The Labute approximate surface area is 742 Å². The highest BCUT2D eigenvalue weighted by Crippen LogP contribution is 2.66. The monoisotopic (exact) mass is 1950 g/mol. The average Bonchev–Trinajstić information content (AvgIpc) is 1.74. The van der Waals surface area contributed by atoms with E-state index in [1.54, 1.807) is 27.9 Å². The van der Waals surface area contributed by atoms with Crippen molar-refractivity contribution in [3.05, 3.63) is 73.6 Å². The van der Waals surface area contributed by atoms with Crippen molar-refractivity contribution in [2.75, 3.05) is 28.4 Å². The summed E-state index contributed by atoms with van der Waals surface area (Å²) in [6.45, 7) is 29.1. The van der Waals surface area contributed by atoms with Gasteiger partial charge in [0.2, 0.25) is 0 Å². The van der Waals surface area contributed by atoms with Crippen LogP contribution in [0, 0.1) is 87.8 Å². The van der Waals surface area contributed by atoms with Crippen molar-refractivity contribution < 1.29 is 201 Å². The smallest absolute Gasteiger partial charge is 0.437 e. The molecule has 0 spiro atoms. The zero-order valence-corrected chi connectivity index (χ0v) is 74.6. The van der Waals surface area contributed by atoms with Gasteiger partial charge in [-0.25, -0.2) is 37.1 Å². The van der Waals surface area contributed by atoms with E-state index in [0.717, 1.165) is 6.42 Å². The van der Waals surface area contributed by atoms with Gasteiger partial charge >= 0.3 is 96.2 Å². The van der Waals surface area contributed by atoms with Crippen molar-refractivity contribution >= 4 is 35.8 Å². The van der Waals surface area contributed by atoms with E-state index in [0.29, 0.717) is 114 Å². The fourth-order valence-electron chi connectivity index (χ4n) is 19.4. The first-order valence-electron chi connectivity index (χ1n) is 42.1. The first-order chi connectivity index (χ1) is 59.4. The van der Waals surface area contributed by atoms with Crippen molar-refractivity contribution in [2.24, 2.45) is 87.8 Å². The highest BCUT2D eigenvalue weighted by Gasteiger charge is 2.78. The van der Waals surface area contributed by atoms with Gasteiger partial charge in [-0.05, 0) is 243 Å². The molecule has 758 valence electrons. The molecule has 17 nitrogen and oxygen atoms in total. The maximum Gasteiger partial charge on any atom is 0.437 e. The number of rotatable bonds is 13. The maximum absolute atomic E-state index is 13.5. The van der Waals surface area contributed by atoms with E-state index in [1.807, 2.05) is 0 Å². The maximum atomic E-state index is 13.5. The van der Waals surface area contributed by atoms with Crippen molar-refractivity contribution in [2.45, 2.75) is 318 Å². The molecule has 0 aromatic heterocycles. The molecular formula is C87H119F27O17. The summed E-state index contributed by atoms with van der Waals surface area (Å²) in [5.41, 5.74) is -10.2. The molecule has 13 rings (SSSR count). The second-order valence-electron chi connectivity index (χ2n) is 35.8. The van der Waals surface area contributed by atoms with E-state index in [2.05, 4.69) is 67.9 Å². The minimum Gasteiger partial charge on any atom is -0.505 e. The van der Waals surface area contributed by atoms with Gasteiger partial charge < -0.3 is 53.2 Å². The number of hydrogen-bond acceptors (Lipinski definition) is 17. The highest BCUT2D eigenvalue weighted by atomic mass is 19.4. The molecule has 3 N–H and O–H groups in total. The van der Waals surface area contributed by atoms with Gasteiger partial charge in [-0.3, -0.25) is 4.79 Å². The van der Waals surface area contributed by atoms with E-state index in [4.69, 9.17) is 24.8 Å². The molecule has 11 aliphatic carbocycles. The van der Waals surface area contributed by atoms with Gasteiger partial charge in [0.05, 0.1) is 34.7 Å². The number of hydrogen-bond donors (Lipinski definition) is 3. The summed E-state index contributed by atoms with van der Waals surface area (Å²) in [4.78, 5) is 64.9. The van der Waals surface area contributed by atoms with Crippen LogP contribution in [0.4, 0.5) is 119 Å². The molecule has 11 saturated carbocycles. The minimum absolute atomic E-state index is 0.127. The predicted molar refractivity (Wildman–Crippen MR) is 417 cm³/mol. The molecule has 131 heavy (non-hydrogen) atoms. The Morgan fingerprint density at radius 3 is 1.06 bits per heavy atom. The summed E-state index contributed by atoms with van der Waals surface area (Å²) in [6.07, 6.45) is -28.7. The standard InChI is InChI=1S/C18H24F6O2.C17H22F6O2.C13H16F6O2.C8H11F3O.C7H9F3O.C6H7F3O2.3C5H8O2.C3H6O/c1-10(2)15(25)26-14-9-5-6-11-12(14)7-4-8-13(11)16(3,17(19,20)21)18(22,23)24;1-9(2)14(24)25-13-7-4-10-8-11(5-6-12(10)13)15(3,16(18,19)20)17(21,22)23;1-7(20)21-11(12(14,15)16,13(17,18)19)6-10-5-8-2-3-9(10)4-8;9-7(10)5-1-3-6(4-2-5)8(7,11)12;8-6(9)4-1-2-5(3-4)7(6,10)11;7-5(8)3-1-2-4(11-3)6(5,9)10;3*1-4(2)5(6)7-3;1-3-4-2/h11-14H,1,4-9H2,2-3H3;10-13H,1,4-8H2,2-3H3;8-10H,2-6H2,1H3;5-6,12H,1-4H2;4-5,11H,1-3H2;3-4,10H,1-2H2;3*1H2,2-3H3;3H,1H2,2H3. The van der Waals surface area contributed by atoms with Crippen LogP contribution in [0.1, 0.15) is 216 Å². The Balaban J connectivity index is 0.000000393. The number of halogens is 27. The molecule has 0 radical (unpaired) electrons. The van der Waals surface area contributed by atoms with Gasteiger partial charge in [0, 0.05) is 64.9 Å². The van der Waals surface area contributed by atoms with Gasteiger partial charge in [0.15, 0.2) is 10.8 Å². The van der Waals surface area contributed by atoms with Gasteiger partial charge in [0.25, 0.3) is 17.6 Å². The molecule has 18 atom stereocenters. The van der Waals surface area contributed by atoms with Gasteiger partial charge in [0.1, 0.15) is 24.4 Å². The number of carbonyl (C=O) groups is 6. The summed E-state index contributed by atoms with van der Waals surface area (Å²) < 4.78 is 392. The van der Waals surface area contributed by atoms with Crippen LogP contribution >= 0.6 is 0 Å². The van der Waals surface area contributed by atoms with E-state index in [1.165, 1.54) is 41.4 Å². The quantitative estimate of drug-likeness (QED) is 0.0511. The number of ether oxygens (including phenoxy) is 8. The molecular weight excluding hydrogens is 1830 g/mol. The number of methoxy groups -OCH3 is 4. The van der Waals surface area contributed by atoms with Gasteiger partial charge in [-0.2, -0.15) is 105 Å². The number of fused-ring (bicyclic) bond motifs is 11. The number of aliphatic hydroxyl groups is 3. The van der Waals surface area contributed by atoms with Gasteiger partial charge in [-0.1, -0.05) is 52.3 Å². The van der Waals surface area contributed by atoms with E-state index in [9.17, 15) is 147 Å². The van der Waals surface area contributed by atoms with Crippen molar-refractivity contribution in [3.8, 4) is 0 Å². The Morgan fingerprint density at radius 1 is 0.382 bits per heavy atom. The third kappa shape index (κ3) is 27.1. The lowest BCUT2D eigenvalue weighted by Crippen LogP contribution is -2.60. The number of alkyl halides is 27. The molecule has 18 unspecified atom stereocenters. The summed E-state index contributed by atoms with van der Waals surface area (Å²) in [6, 6.07) is 0. The zero-order chi connectivity index (χ0) is 102. The third-order valence-electron chi connectivity index (χ3n) is 27.0. The molecule has 13 fully saturated rings. The normalized spacial score (nSPS) is 31.7. The molecule has 2 saturated heterocycles. The first-order valence-corrected chi connectivity index (χ1v) is 42.1. The van der Waals surface area contributed by atoms with Crippen LogP contribution in [0.25, 0.3) is 0 Å². The summed E-state index contributed by atoms with van der Waals surface area (Å²) in [5.74, 6) is -33.5. The average molecular weight is 1950 g/mol. The second kappa shape index (κ2) is 45.3. The Bertz CT molecular complexity index is 3670. The van der Waals surface area contributed by atoms with Crippen LogP contribution in [0.3, 0.4) is 0 Å². The highest BCUT2D eigenvalue weighted by molar-refractivity contribution is 5.88. The van der Waals surface area contributed by atoms with Crippen molar-refractivity contribution in [3.63, 3.8) is 0 Å². The van der Waals surface area contributed by atoms with E-state index in [-0.39, 0.29) is 124 Å². The first kappa shape index (κ1) is 118. The number of carbonyl (C=O) groups excluding carboxylic acids is 6. The Hall–Kier alpha value is -6.99. The van der Waals surface area contributed by atoms with Crippen LogP contribution in [-0.4, -0.2) is 182 Å². The van der Waals surface area contributed by atoms with Crippen LogP contribution < -0.4 is 0 Å². The summed E-state index contributed by atoms with van der Waals surface area (Å²) in [7, 11) is 5.55. The second-order valence-corrected chi connectivity index (χ2v) is 35.8. The lowest BCUT2D eigenvalue weighted by molar-refractivity contribution is -0.374. The molecule has 2 heterocycles. The molecule has 0 aromatic rings. The third-order valence-corrected chi connectivity index (χ3v) is 27.0. The molecule has 0 amide bonds. The van der Waals surface area contributed by atoms with E-state index >= 15 is 0 Å². The lowest BCUT2D eigenvalue weighted by Gasteiger charge is -2.51. The lowest BCUT2D eigenvalue weighted by atomic mass is 9.56. The molecule has 8 bridgehead atoms. The predicted octanol–water partition coefficient (Wildman–Crippen LogP) is 23.1. The van der Waals surface area contributed by atoms with Gasteiger partial charge in [-0.15, -0.1) is 0 Å². The fourth-order valence-corrected chi connectivity index (χ4v) is 19.4. The fraction of sp³-hybridized carbons (Fsp3) is 0.793. The molecule has 13 aliphatic rings. The molecule has 2 aliphatic heterocycles. The van der Waals surface area contributed by atoms with Crippen LogP contribution in [0.2, 0.25) is 0 Å².